The summed E-state index contributed by atoms with van der Waals surface area (Å²) in [5.74, 6) is 0. The summed E-state index contributed by atoms with van der Waals surface area (Å²) in [6.45, 7) is 4.96. The Balaban J connectivity index is 1.44. The summed E-state index contributed by atoms with van der Waals surface area (Å²) >= 11 is 0. The van der Waals surface area contributed by atoms with E-state index in [-0.39, 0.29) is 12.1 Å². The van der Waals surface area contributed by atoms with Crippen molar-refractivity contribution < 1.29 is 4.74 Å². The van der Waals surface area contributed by atoms with E-state index in [4.69, 9.17) is 4.74 Å². The summed E-state index contributed by atoms with van der Waals surface area (Å²) in [5.41, 5.74) is 3.91. The maximum absolute atomic E-state index is 5.89. The predicted octanol–water partition coefficient (Wildman–Crippen LogP) is 4.64. The van der Waals surface area contributed by atoms with Gasteiger partial charge in [-0.3, -0.25) is 0 Å². The summed E-state index contributed by atoms with van der Waals surface area (Å²) in [4.78, 5) is 0. The molecule has 0 saturated heterocycles. The molecule has 0 aromatic heterocycles. The van der Waals surface area contributed by atoms with Gasteiger partial charge in [-0.2, -0.15) is 0 Å². The van der Waals surface area contributed by atoms with E-state index in [1.807, 2.05) is 6.61 Å². The molecule has 0 amide bonds. The van der Waals surface area contributed by atoms with E-state index in [0.717, 1.165) is 13.0 Å². The highest BCUT2D eigenvalue weighted by Crippen LogP contribution is 2.25. The fraction of sp³-hybridized carbons (Fsp3) is 0.227. The van der Waals surface area contributed by atoms with E-state index in [2.05, 4.69) is 79.0 Å². The minimum Gasteiger partial charge on any atom is -0.366 e. The molecule has 0 saturated carbocycles. The topological polar surface area (TPSA) is 21.3 Å². The van der Waals surface area contributed by atoms with Crippen molar-refractivity contribution in [2.45, 2.75) is 25.5 Å². The first kappa shape index (κ1) is 15.4. The summed E-state index contributed by atoms with van der Waals surface area (Å²) in [6, 6.07) is 23.8. The van der Waals surface area contributed by atoms with E-state index in [1.54, 1.807) is 0 Å². The van der Waals surface area contributed by atoms with Crippen LogP contribution in [0.5, 0.6) is 0 Å². The minimum atomic E-state index is 0.192. The van der Waals surface area contributed by atoms with Crippen LogP contribution in [0.2, 0.25) is 0 Å². The van der Waals surface area contributed by atoms with Crippen LogP contribution in [-0.2, 0) is 11.2 Å². The number of hydrogen-bond donors (Lipinski definition) is 1. The third kappa shape index (κ3) is 3.08. The molecule has 0 unspecified atom stereocenters. The zero-order chi connectivity index (χ0) is 16.4. The summed E-state index contributed by atoms with van der Waals surface area (Å²) < 4.78 is 5.89. The highest BCUT2D eigenvalue weighted by molar-refractivity contribution is 5.86. The van der Waals surface area contributed by atoms with E-state index >= 15 is 0 Å². The Hall–Kier alpha value is -2.16. The Morgan fingerprint density at radius 1 is 1.00 bits per heavy atom. The second kappa shape index (κ2) is 6.76. The van der Waals surface area contributed by atoms with Crippen LogP contribution in [0.25, 0.3) is 10.8 Å². The van der Waals surface area contributed by atoms with Crippen LogP contribution in [0.3, 0.4) is 0 Å². The number of benzene rings is 3. The van der Waals surface area contributed by atoms with Gasteiger partial charge < -0.3 is 10.1 Å². The monoisotopic (exact) mass is 316 g/mol. The van der Waals surface area contributed by atoms with Gasteiger partial charge in [0.25, 0.3) is 0 Å². The first-order chi connectivity index (χ1) is 11.8. The van der Waals surface area contributed by atoms with Crippen molar-refractivity contribution in [3.63, 3.8) is 0 Å². The zero-order valence-corrected chi connectivity index (χ0v) is 13.9. The lowest BCUT2D eigenvalue weighted by Crippen LogP contribution is -2.34. The Kier molecular flexibility index (Phi) is 4.33. The molecule has 1 N–H and O–H groups in total. The van der Waals surface area contributed by atoms with E-state index in [0.29, 0.717) is 0 Å². The van der Waals surface area contributed by atoms with Gasteiger partial charge in [-0.1, -0.05) is 66.7 Å². The van der Waals surface area contributed by atoms with Crippen molar-refractivity contribution in [1.29, 1.82) is 0 Å². The summed E-state index contributed by atoms with van der Waals surface area (Å²) in [6.07, 6.45) is 1.15. The van der Waals surface area contributed by atoms with E-state index < -0.39 is 0 Å². The molecule has 0 spiro atoms. The van der Waals surface area contributed by atoms with Gasteiger partial charge in [-0.25, -0.2) is 0 Å². The Morgan fingerprint density at radius 3 is 2.75 bits per heavy atom. The van der Waals surface area contributed by atoms with Crippen LogP contribution in [0.4, 0.5) is 0 Å². The molecule has 0 aliphatic carbocycles. The first-order valence-electron chi connectivity index (χ1n) is 8.59. The minimum absolute atomic E-state index is 0.192. The third-order valence-corrected chi connectivity index (χ3v) is 4.83. The molecule has 2 atom stereocenters. The standard InChI is InChI=1S/C22H22NO/c1-16(21-12-6-10-17-7-4-5-11-22(17)21)23-14-20-13-18-8-2-3-9-19(18)15-24-20/h2-12,15-16,20,23H,13-14H2,1H3/t16-,20-/m1/s1. The smallest absolute Gasteiger partial charge is 0.114 e. The van der Waals surface area contributed by atoms with E-state index in [1.165, 1.54) is 27.5 Å². The molecule has 0 fully saturated rings. The Labute approximate surface area is 143 Å². The van der Waals surface area contributed by atoms with Crippen LogP contribution in [0.15, 0.2) is 66.7 Å². The lowest BCUT2D eigenvalue weighted by molar-refractivity contribution is 0.101. The molecule has 0 bridgehead atoms. The van der Waals surface area contributed by atoms with Gasteiger partial charge in [0.15, 0.2) is 0 Å². The summed E-state index contributed by atoms with van der Waals surface area (Å²) in [5, 5.41) is 6.26. The molecule has 1 aliphatic rings. The second-order valence-corrected chi connectivity index (χ2v) is 6.48. The van der Waals surface area contributed by atoms with Crippen molar-refractivity contribution in [2.24, 2.45) is 0 Å². The van der Waals surface area contributed by atoms with Crippen molar-refractivity contribution in [3.05, 3.63) is 90.0 Å². The lowest BCUT2D eigenvalue weighted by atomic mass is 9.97. The number of nitrogens with one attached hydrogen (secondary N) is 1. The molecular weight excluding hydrogens is 294 g/mol. The van der Waals surface area contributed by atoms with Gasteiger partial charge >= 0.3 is 0 Å². The van der Waals surface area contributed by atoms with Crippen molar-refractivity contribution >= 4 is 10.8 Å². The van der Waals surface area contributed by atoms with Crippen LogP contribution in [0, 0.1) is 6.61 Å². The SMILES string of the molecule is C[C@@H](NC[C@H]1Cc2ccccc2[CH]O1)c1cccc2ccccc12. The largest absolute Gasteiger partial charge is 0.366 e. The van der Waals surface area contributed by atoms with Gasteiger partial charge in [0.2, 0.25) is 0 Å². The van der Waals surface area contributed by atoms with Gasteiger partial charge in [0.1, 0.15) is 6.61 Å². The molecule has 2 nitrogen and oxygen atoms in total. The maximum atomic E-state index is 5.89. The molecule has 4 rings (SSSR count). The quantitative estimate of drug-likeness (QED) is 0.757. The van der Waals surface area contributed by atoms with Gasteiger partial charge in [0.05, 0.1) is 6.10 Å². The van der Waals surface area contributed by atoms with Crippen molar-refractivity contribution in [3.8, 4) is 0 Å². The molecular formula is C22H22NO. The molecule has 121 valence electrons. The average molecular weight is 316 g/mol. The normalized spacial score (nSPS) is 18.3. The molecule has 2 heteroatoms. The van der Waals surface area contributed by atoms with Crippen molar-refractivity contribution in [2.75, 3.05) is 6.54 Å². The van der Waals surface area contributed by atoms with Crippen LogP contribution in [-0.4, -0.2) is 12.6 Å². The molecule has 1 radical (unpaired) electrons. The Morgan fingerprint density at radius 2 is 1.79 bits per heavy atom. The van der Waals surface area contributed by atoms with Gasteiger partial charge in [-0.05, 0) is 34.4 Å². The highest BCUT2D eigenvalue weighted by Gasteiger charge is 2.20. The Bertz CT molecular complexity index is 837. The molecule has 3 aromatic carbocycles. The maximum Gasteiger partial charge on any atom is 0.114 e. The number of rotatable bonds is 4. The first-order valence-corrected chi connectivity index (χ1v) is 8.59. The van der Waals surface area contributed by atoms with Crippen molar-refractivity contribution in [1.82, 2.24) is 5.32 Å². The zero-order valence-electron chi connectivity index (χ0n) is 13.9. The number of ether oxygens (including phenoxy) is 1. The molecule has 1 aliphatic heterocycles. The average Bonchev–Trinajstić information content (AvgIpc) is 2.65. The lowest BCUT2D eigenvalue weighted by Gasteiger charge is -2.26. The third-order valence-electron chi connectivity index (χ3n) is 4.83. The second-order valence-electron chi connectivity index (χ2n) is 6.48. The van der Waals surface area contributed by atoms with E-state index in [9.17, 15) is 0 Å². The molecule has 3 aromatic rings. The fourth-order valence-electron chi connectivity index (χ4n) is 3.46. The summed E-state index contributed by atoms with van der Waals surface area (Å²) in [7, 11) is 0. The molecule has 1 heterocycles. The number of hydrogen-bond acceptors (Lipinski definition) is 2. The fourth-order valence-corrected chi connectivity index (χ4v) is 3.46. The van der Waals surface area contributed by atoms with Crippen LogP contribution in [0.1, 0.15) is 29.7 Å². The predicted molar refractivity (Wildman–Crippen MR) is 98.8 cm³/mol. The van der Waals surface area contributed by atoms with Crippen LogP contribution >= 0.6 is 0 Å². The number of fused-ring (bicyclic) bond motifs is 2. The van der Waals surface area contributed by atoms with Crippen LogP contribution < -0.4 is 5.32 Å². The van der Waals surface area contributed by atoms with Gasteiger partial charge in [-0.15, -0.1) is 0 Å². The molecule has 24 heavy (non-hydrogen) atoms. The highest BCUT2D eigenvalue weighted by atomic mass is 16.5. The van der Waals surface area contributed by atoms with Gasteiger partial charge in [0, 0.05) is 19.0 Å².